The number of rotatable bonds is 5. The molecule has 0 rings (SSSR count). The first-order valence-electron chi connectivity index (χ1n) is 5.93. The van der Waals surface area contributed by atoms with Crippen LogP contribution in [-0.4, -0.2) is 30.7 Å². The number of ether oxygens (including phenoxy) is 1. The van der Waals surface area contributed by atoms with Gasteiger partial charge in [-0.2, -0.15) is 43.9 Å². The highest BCUT2D eigenvalue weighted by Gasteiger charge is 2.71. The zero-order chi connectivity index (χ0) is 19.1. The fraction of sp³-hybridized carbons (Fsp3) is 1.00. The van der Waals surface area contributed by atoms with Crippen molar-refractivity contribution in [2.24, 2.45) is 11.3 Å². The molecule has 0 saturated carbocycles. The summed E-state index contributed by atoms with van der Waals surface area (Å²) in [6.07, 6.45) is -24.7. The van der Waals surface area contributed by atoms with Crippen molar-refractivity contribution in [3.63, 3.8) is 0 Å². The number of halogens is 11. The molecule has 0 radical (unpaired) electrons. The summed E-state index contributed by atoms with van der Waals surface area (Å²) >= 11 is 0. The van der Waals surface area contributed by atoms with Gasteiger partial charge in [-0.1, -0.05) is 20.8 Å². The Morgan fingerprint density at radius 3 is 1.39 bits per heavy atom. The third kappa shape index (κ3) is 5.96. The average Bonchev–Trinajstić information content (AvgIpc) is 2.20. The summed E-state index contributed by atoms with van der Waals surface area (Å²) in [4.78, 5) is 0. The van der Waals surface area contributed by atoms with Crippen LogP contribution in [0.15, 0.2) is 0 Å². The van der Waals surface area contributed by atoms with Crippen molar-refractivity contribution in [3.05, 3.63) is 0 Å². The van der Waals surface area contributed by atoms with Crippen LogP contribution in [0.25, 0.3) is 0 Å². The van der Waals surface area contributed by atoms with Crippen LogP contribution in [-0.2, 0) is 4.74 Å². The molecule has 140 valence electrons. The molecule has 0 fully saturated rings. The summed E-state index contributed by atoms with van der Waals surface area (Å²) in [6.45, 7) is 3.07. The lowest BCUT2D eigenvalue weighted by molar-refractivity contribution is -0.434. The molecule has 0 saturated heterocycles. The number of alkyl halides is 11. The summed E-state index contributed by atoms with van der Waals surface area (Å²) in [5.74, 6) is -10.2. The van der Waals surface area contributed by atoms with Crippen molar-refractivity contribution < 1.29 is 53.0 Å². The van der Waals surface area contributed by atoms with E-state index in [1.807, 2.05) is 0 Å². The van der Waals surface area contributed by atoms with Gasteiger partial charge in [0, 0.05) is 0 Å². The fourth-order valence-corrected chi connectivity index (χ4v) is 1.54. The maximum Gasteiger partial charge on any atom is 0.445 e. The molecule has 23 heavy (non-hydrogen) atoms. The van der Waals surface area contributed by atoms with E-state index >= 15 is 0 Å². The SMILES string of the molecule is CC(C)(C)CC(C(F)(F)F)C(F)(F)C(F)(F)OC(F)C(F)(F)F. The highest BCUT2D eigenvalue weighted by Crippen LogP contribution is 2.52. The summed E-state index contributed by atoms with van der Waals surface area (Å²) in [7, 11) is 0. The van der Waals surface area contributed by atoms with E-state index in [-0.39, 0.29) is 0 Å². The Labute approximate surface area is 123 Å². The van der Waals surface area contributed by atoms with Gasteiger partial charge < -0.3 is 0 Å². The lowest BCUT2D eigenvalue weighted by atomic mass is 9.81. The second kappa shape index (κ2) is 6.25. The standard InChI is InChI=1S/C11H13F11O/c1-7(2,3)4-5(9(15,16)17)8(13,14)11(21,22)23-6(12)10(18,19)20/h5-6H,4H2,1-3H3. The van der Waals surface area contributed by atoms with Crippen LogP contribution in [0.2, 0.25) is 0 Å². The number of hydrogen-bond acceptors (Lipinski definition) is 1. The molecule has 0 aliphatic heterocycles. The lowest BCUT2D eigenvalue weighted by Crippen LogP contribution is -2.55. The Morgan fingerprint density at radius 1 is 0.739 bits per heavy atom. The van der Waals surface area contributed by atoms with E-state index in [1.165, 1.54) is 0 Å². The lowest BCUT2D eigenvalue weighted by Gasteiger charge is -2.37. The van der Waals surface area contributed by atoms with E-state index in [4.69, 9.17) is 0 Å². The van der Waals surface area contributed by atoms with Gasteiger partial charge in [0.15, 0.2) is 0 Å². The van der Waals surface area contributed by atoms with E-state index in [9.17, 15) is 48.3 Å². The van der Waals surface area contributed by atoms with E-state index in [2.05, 4.69) is 4.74 Å². The maximum absolute atomic E-state index is 13.5. The first-order valence-corrected chi connectivity index (χ1v) is 5.93. The molecule has 0 bridgehead atoms. The van der Waals surface area contributed by atoms with Crippen molar-refractivity contribution in [2.75, 3.05) is 0 Å². The quantitative estimate of drug-likeness (QED) is 0.564. The molecule has 12 heteroatoms. The van der Waals surface area contributed by atoms with Crippen molar-refractivity contribution in [1.29, 1.82) is 0 Å². The van der Waals surface area contributed by atoms with Gasteiger partial charge >= 0.3 is 24.4 Å². The first kappa shape index (κ1) is 22.2. The highest BCUT2D eigenvalue weighted by molar-refractivity contribution is 4.92. The molecule has 0 amide bonds. The van der Waals surface area contributed by atoms with Crippen molar-refractivity contribution in [2.45, 2.75) is 57.9 Å². The van der Waals surface area contributed by atoms with Gasteiger partial charge in [0.1, 0.15) is 5.92 Å². The van der Waals surface area contributed by atoms with Crippen molar-refractivity contribution >= 4 is 0 Å². The molecule has 2 atom stereocenters. The van der Waals surface area contributed by atoms with Crippen LogP contribution in [0.5, 0.6) is 0 Å². The van der Waals surface area contributed by atoms with Crippen LogP contribution >= 0.6 is 0 Å². The van der Waals surface area contributed by atoms with Gasteiger partial charge in [-0.15, -0.1) is 0 Å². The molecule has 0 aromatic carbocycles. The largest absolute Gasteiger partial charge is 0.445 e. The minimum absolute atomic E-state index is 1.02. The molecule has 0 heterocycles. The van der Waals surface area contributed by atoms with Gasteiger partial charge in [-0.05, 0) is 11.8 Å². The van der Waals surface area contributed by atoms with Crippen LogP contribution in [0, 0.1) is 11.3 Å². The molecule has 0 aromatic rings. The Kier molecular flexibility index (Phi) is 6.03. The molecular formula is C11H13F11O. The molecule has 1 nitrogen and oxygen atoms in total. The minimum atomic E-state index is -6.33. The molecule has 0 aliphatic carbocycles. The zero-order valence-corrected chi connectivity index (χ0v) is 11.9. The predicted octanol–water partition coefficient (Wildman–Crippen LogP) is 5.70. The third-order valence-corrected chi connectivity index (χ3v) is 2.55. The Balaban J connectivity index is 5.67. The van der Waals surface area contributed by atoms with Gasteiger partial charge in [0.05, 0.1) is 0 Å². The smallest absolute Gasteiger partial charge is 0.272 e. The molecule has 2 unspecified atom stereocenters. The molecule has 0 aromatic heterocycles. The van der Waals surface area contributed by atoms with Crippen LogP contribution in [0.3, 0.4) is 0 Å². The Hall–Kier alpha value is -0.810. The van der Waals surface area contributed by atoms with Crippen LogP contribution < -0.4 is 0 Å². The molecule has 0 aliphatic rings. The second-order valence-electron chi connectivity index (χ2n) is 5.97. The summed E-state index contributed by atoms with van der Waals surface area (Å²) in [5, 5.41) is 0. The predicted molar refractivity (Wildman–Crippen MR) is 55.5 cm³/mol. The van der Waals surface area contributed by atoms with E-state index in [0.29, 0.717) is 0 Å². The average molecular weight is 370 g/mol. The fourth-order valence-electron chi connectivity index (χ4n) is 1.54. The molecule has 0 N–H and O–H groups in total. The summed E-state index contributed by atoms with van der Waals surface area (Å²) < 4.78 is 141. The Morgan fingerprint density at radius 2 is 1.13 bits per heavy atom. The van der Waals surface area contributed by atoms with Gasteiger partial charge in [0.2, 0.25) is 0 Å². The number of hydrogen-bond donors (Lipinski definition) is 0. The zero-order valence-electron chi connectivity index (χ0n) is 11.9. The van der Waals surface area contributed by atoms with Crippen molar-refractivity contribution in [1.82, 2.24) is 0 Å². The molecule has 0 spiro atoms. The van der Waals surface area contributed by atoms with Gasteiger partial charge in [-0.3, -0.25) is 4.74 Å². The van der Waals surface area contributed by atoms with Crippen molar-refractivity contribution in [3.8, 4) is 0 Å². The molecular weight excluding hydrogens is 357 g/mol. The topological polar surface area (TPSA) is 9.23 Å². The summed E-state index contributed by atoms with van der Waals surface area (Å²) in [5.41, 5.74) is -1.53. The van der Waals surface area contributed by atoms with Gasteiger partial charge in [0.25, 0.3) is 6.36 Å². The van der Waals surface area contributed by atoms with E-state index in [1.54, 1.807) is 0 Å². The maximum atomic E-state index is 13.5. The van der Waals surface area contributed by atoms with Crippen LogP contribution in [0.4, 0.5) is 48.3 Å². The van der Waals surface area contributed by atoms with Crippen LogP contribution in [0.1, 0.15) is 27.2 Å². The van der Waals surface area contributed by atoms with Gasteiger partial charge in [-0.25, -0.2) is 4.39 Å². The van der Waals surface area contributed by atoms with E-state index in [0.717, 1.165) is 20.8 Å². The van der Waals surface area contributed by atoms with E-state index < -0.39 is 48.5 Å². The summed E-state index contributed by atoms with van der Waals surface area (Å²) in [6, 6.07) is 0. The Bertz CT molecular complexity index is 390. The normalized spacial score (nSPS) is 18.0. The monoisotopic (exact) mass is 370 g/mol. The third-order valence-electron chi connectivity index (χ3n) is 2.55. The minimum Gasteiger partial charge on any atom is -0.272 e. The first-order chi connectivity index (χ1) is 9.72. The highest BCUT2D eigenvalue weighted by atomic mass is 19.4. The second-order valence-corrected chi connectivity index (χ2v) is 5.97.